The van der Waals surface area contributed by atoms with Crippen molar-refractivity contribution in [1.82, 2.24) is 0 Å². The molecule has 0 aromatic carbocycles. The Bertz CT molecular complexity index is 887. The maximum Gasteiger partial charge on any atom is 0.532 e. The first-order valence-electron chi connectivity index (χ1n) is 8.50. The van der Waals surface area contributed by atoms with Crippen LogP contribution in [0.1, 0.15) is 35.4 Å². The zero-order valence-corrected chi connectivity index (χ0v) is 19.5. The SMILES string of the molecule is CC(C)(F)c1ccc(OP(Oc2ccc(C(C)(F)F)s2)Oc2ccc(C(F)(F)F)s2)s1. The molecule has 170 valence electrons. The van der Waals surface area contributed by atoms with E-state index in [1.807, 2.05) is 0 Å². The fourth-order valence-electron chi connectivity index (χ4n) is 2.09. The third-order valence-corrected chi connectivity index (χ3v) is 8.35. The van der Waals surface area contributed by atoms with Gasteiger partial charge in [0.15, 0.2) is 15.2 Å². The third-order valence-electron chi connectivity index (χ3n) is 3.54. The molecule has 3 heterocycles. The Morgan fingerprint density at radius 3 is 1.32 bits per heavy atom. The van der Waals surface area contributed by atoms with E-state index in [1.165, 1.54) is 38.1 Å². The normalized spacial score (nSPS) is 13.8. The van der Waals surface area contributed by atoms with Gasteiger partial charge in [-0.25, -0.2) is 13.2 Å². The number of thiophene rings is 3. The number of rotatable bonds is 8. The monoisotopic (exact) mass is 520 g/mol. The van der Waals surface area contributed by atoms with Crippen LogP contribution in [0.2, 0.25) is 0 Å². The smallest absolute Gasteiger partial charge is 0.398 e. The standard InChI is InChI=1S/C18H15F6O3PS3/c1-16(2,19)10-4-7-13(29-10)25-28(26-14-8-5-11(30-14)17(3,20)21)27-15-9-6-12(31-15)18(22,23)24/h4-9H,1-3H3. The highest BCUT2D eigenvalue weighted by Gasteiger charge is 2.34. The molecule has 0 spiro atoms. The van der Waals surface area contributed by atoms with Gasteiger partial charge in [0.1, 0.15) is 10.5 Å². The fraction of sp³-hybridized carbons (Fsp3) is 0.333. The van der Waals surface area contributed by atoms with Crippen molar-refractivity contribution < 1.29 is 39.9 Å². The molecule has 0 aliphatic heterocycles. The lowest BCUT2D eigenvalue weighted by molar-refractivity contribution is -0.134. The van der Waals surface area contributed by atoms with E-state index in [-0.39, 0.29) is 20.1 Å². The van der Waals surface area contributed by atoms with Gasteiger partial charge in [0.2, 0.25) is 0 Å². The molecule has 0 N–H and O–H groups in total. The number of hydrogen-bond donors (Lipinski definition) is 0. The van der Waals surface area contributed by atoms with Crippen LogP contribution < -0.4 is 13.6 Å². The van der Waals surface area contributed by atoms with Gasteiger partial charge in [-0.2, -0.15) is 13.2 Å². The first kappa shape index (κ1) is 24.2. The molecule has 1 atom stereocenters. The van der Waals surface area contributed by atoms with Crippen LogP contribution in [0.4, 0.5) is 26.3 Å². The average molecular weight is 520 g/mol. The minimum atomic E-state index is -4.54. The van der Waals surface area contributed by atoms with Crippen LogP contribution in [0.25, 0.3) is 0 Å². The van der Waals surface area contributed by atoms with Crippen LogP contribution >= 0.6 is 42.6 Å². The van der Waals surface area contributed by atoms with Crippen molar-refractivity contribution in [3.63, 3.8) is 0 Å². The van der Waals surface area contributed by atoms with E-state index in [9.17, 15) is 26.3 Å². The Kier molecular flexibility index (Phi) is 6.86. The van der Waals surface area contributed by atoms with Gasteiger partial charge in [0.25, 0.3) is 5.92 Å². The minimum Gasteiger partial charge on any atom is -0.398 e. The summed E-state index contributed by atoms with van der Waals surface area (Å²) in [7, 11) is -2.36. The first-order valence-corrected chi connectivity index (χ1v) is 12.0. The molecule has 1 unspecified atom stereocenters. The van der Waals surface area contributed by atoms with Crippen LogP contribution in [0, 0.1) is 0 Å². The molecule has 0 saturated carbocycles. The van der Waals surface area contributed by atoms with Crippen molar-refractivity contribution in [3.05, 3.63) is 51.0 Å². The van der Waals surface area contributed by atoms with Gasteiger partial charge in [-0.3, -0.25) is 0 Å². The lowest BCUT2D eigenvalue weighted by atomic mass is 10.1. The van der Waals surface area contributed by atoms with Crippen LogP contribution in [0.5, 0.6) is 15.2 Å². The summed E-state index contributed by atoms with van der Waals surface area (Å²) in [6.07, 6.45) is -4.54. The lowest BCUT2D eigenvalue weighted by Gasteiger charge is -2.15. The summed E-state index contributed by atoms with van der Waals surface area (Å²) in [4.78, 5) is -0.776. The summed E-state index contributed by atoms with van der Waals surface area (Å²) in [5.74, 6) is -3.08. The van der Waals surface area contributed by atoms with Crippen molar-refractivity contribution in [2.45, 2.75) is 38.5 Å². The molecule has 3 nitrogen and oxygen atoms in total. The summed E-state index contributed by atoms with van der Waals surface area (Å²) in [6.45, 7) is 3.45. The fourth-order valence-corrected chi connectivity index (χ4v) is 5.83. The Morgan fingerprint density at radius 1 is 0.613 bits per heavy atom. The Morgan fingerprint density at radius 2 is 1.00 bits per heavy atom. The topological polar surface area (TPSA) is 27.7 Å². The molecular formula is C18H15F6O3PS3. The zero-order chi connectivity index (χ0) is 23.0. The summed E-state index contributed by atoms with van der Waals surface area (Å²) in [5, 5.41) is 0.119. The molecular weight excluding hydrogens is 505 g/mol. The largest absolute Gasteiger partial charge is 0.532 e. The average Bonchev–Trinajstić information content (AvgIpc) is 3.32. The van der Waals surface area contributed by atoms with Gasteiger partial charge in [0, 0.05) is 11.8 Å². The molecule has 0 aliphatic carbocycles. The molecule has 0 radical (unpaired) electrons. The molecule has 0 amide bonds. The van der Waals surface area contributed by atoms with Crippen LogP contribution in [-0.4, -0.2) is 0 Å². The first-order chi connectivity index (χ1) is 14.2. The maximum absolute atomic E-state index is 14.1. The van der Waals surface area contributed by atoms with Crippen molar-refractivity contribution in [2.24, 2.45) is 0 Å². The van der Waals surface area contributed by atoms with Crippen molar-refractivity contribution in [3.8, 4) is 15.2 Å². The highest BCUT2D eigenvalue weighted by Crippen LogP contribution is 2.50. The van der Waals surface area contributed by atoms with E-state index in [2.05, 4.69) is 0 Å². The van der Waals surface area contributed by atoms with Crippen molar-refractivity contribution in [1.29, 1.82) is 0 Å². The highest BCUT2D eigenvalue weighted by atomic mass is 32.1. The number of hydrogen-bond acceptors (Lipinski definition) is 6. The Balaban J connectivity index is 1.82. The molecule has 3 aromatic rings. The summed E-state index contributed by atoms with van der Waals surface area (Å²) < 4.78 is 96.3. The Hall–Kier alpha value is -1.49. The summed E-state index contributed by atoms with van der Waals surface area (Å²) in [5.41, 5.74) is -1.62. The molecule has 3 aromatic heterocycles. The Labute approximate surface area is 187 Å². The summed E-state index contributed by atoms with van der Waals surface area (Å²) >= 11 is 1.98. The molecule has 0 fully saturated rings. The van der Waals surface area contributed by atoms with Gasteiger partial charge in [-0.15, -0.1) is 11.3 Å². The van der Waals surface area contributed by atoms with E-state index in [1.54, 1.807) is 0 Å². The minimum absolute atomic E-state index is 0.0397. The molecule has 0 bridgehead atoms. The van der Waals surface area contributed by atoms with Gasteiger partial charge >= 0.3 is 14.8 Å². The van der Waals surface area contributed by atoms with E-state index >= 15 is 0 Å². The lowest BCUT2D eigenvalue weighted by Crippen LogP contribution is -2.05. The van der Waals surface area contributed by atoms with Crippen molar-refractivity contribution in [2.75, 3.05) is 0 Å². The highest BCUT2D eigenvalue weighted by molar-refractivity contribution is 7.44. The second-order valence-electron chi connectivity index (χ2n) is 6.71. The quantitative estimate of drug-likeness (QED) is 0.219. The van der Waals surface area contributed by atoms with Gasteiger partial charge in [-0.05, 0) is 50.2 Å². The van der Waals surface area contributed by atoms with Gasteiger partial charge in [0.05, 0.1) is 4.88 Å². The third kappa shape index (κ3) is 6.50. The van der Waals surface area contributed by atoms with Crippen molar-refractivity contribution >= 4 is 42.6 Å². The molecule has 31 heavy (non-hydrogen) atoms. The van der Waals surface area contributed by atoms with Crippen LogP contribution in [0.3, 0.4) is 0 Å². The van der Waals surface area contributed by atoms with E-state index in [4.69, 9.17) is 13.6 Å². The number of alkyl halides is 6. The summed E-state index contributed by atoms with van der Waals surface area (Å²) in [6, 6.07) is 7.40. The molecule has 0 saturated heterocycles. The van der Waals surface area contributed by atoms with E-state index < -0.39 is 31.2 Å². The number of halogens is 6. The second-order valence-corrected chi connectivity index (χ2v) is 10.8. The molecule has 13 heteroatoms. The van der Waals surface area contributed by atoms with Gasteiger partial charge < -0.3 is 13.6 Å². The molecule has 3 rings (SSSR count). The maximum atomic E-state index is 14.1. The van der Waals surface area contributed by atoms with Crippen LogP contribution in [0.15, 0.2) is 36.4 Å². The van der Waals surface area contributed by atoms with Crippen LogP contribution in [-0.2, 0) is 17.8 Å². The predicted molar refractivity (Wildman–Crippen MR) is 110 cm³/mol. The van der Waals surface area contributed by atoms with E-state index in [0.717, 1.165) is 30.4 Å². The van der Waals surface area contributed by atoms with E-state index in [0.29, 0.717) is 27.6 Å². The predicted octanol–water partition coefficient (Wildman–Crippen LogP) is 8.97. The second kappa shape index (κ2) is 8.80. The van der Waals surface area contributed by atoms with Gasteiger partial charge in [-0.1, -0.05) is 22.7 Å². The molecule has 0 aliphatic rings. The zero-order valence-electron chi connectivity index (χ0n) is 16.1.